The Kier molecular flexibility index (Phi) is 7.28. The van der Waals surface area contributed by atoms with E-state index < -0.39 is 0 Å². The van der Waals surface area contributed by atoms with Crippen LogP contribution in [0.1, 0.15) is 57.2 Å². The lowest BCUT2D eigenvalue weighted by Gasteiger charge is -2.35. The molecule has 3 heterocycles. The van der Waals surface area contributed by atoms with Crippen molar-refractivity contribution in [2.75, 3.05) is 24.5 Å². The Labute approximate surface area is 193 Å². The monoisotopic (exact) mass is 458 g/mol. The number of thiocarbonyl (C=S) groups is 1. The number of aromatic nitrogens is 1. The van der Waals surface area contributed by atoms with Gasteiger partial charge in [-0.05, 0) is 50.2 Å². The molecule has 8 heteroatoms. The minimum atomic E-state index is -0.264. The molecule has 3 rings (SSSR count). The number of carbonyl (C=O) groups excluding carboxylic acids is 1. The summed E-state index contributed by atoms with van der Waals surface area (Å²) in [5.74, 6) is 1.53. The Morgan fingerprint density at radius 3 is 2.65 bits per heavy atom. The lowest BCUT2D eigenvalue weighted by Crippen LogP contribution is -2.40. The molecule has 2 aliphatic rings. The van der Waals surface area contributed by atoms with Crippen molar-refractivity contribution in [3.05, 3.63) is 31.9 Å². The summed E-state index contributed by atoms with van der Waals surface area (Å²) >= 11 is 6.76. The van der Waals surface area contributed by atoms with Crippen molar-refractivity contribution in [2.45, 2.75) is 54.0 Å². The van der Waals surface area contributed by atoms with Gasteiger partial charge in [0.05, 0.1) is 4.91 Å². The molecule has 31 heavy (non-hydrogen) atoms. The molecule has 6 nitrogen and oxygen atoms in total. The molecule has 0 saturated carbocycles. The number of amides is 1. The predicted molar refractivity (Wildman–Crippen MR) is 131 cm³/mol. The normalized spacial score (nSPS) is 20.8. The van der Waals surface area contributed by atoms with E-state index in [1.165, 1.54) is 11.8 Å². The Morgan fingerprint density at radius 2 is 2.06 bits per heavy atom. The number of hydrogen-bond acceptors (Lipinski definition) is 6. The molecule has 2 saturated heterocycles. The average Bonchev–Trinajstić information content (AvgIpc) is 2.97. The van der Waals surface area contributed by atoms with E-state index in [-0.39, 0.29) is 17.0 Å². The third kappa shape index (κ3) is 4.58. The van der Waals surface area contributed by atoms with Crippen LogP contribution in [0, 0.1) is 30.1 Å². The number of piperidine rings is 1. The predicted octanol–water partition coefficient (Wildman–Crippen LogP) is 4.14. The topological polar surface area (TPSA) is 69.3 Å². The molecule has 1 atom stereocenters. The highest BCUT2D eigenvalue weighted by atomic mass is 32.2. The van der Waals surface area contributed by atoms with E-state index in [0.29, 0.717) is 39.7 Å². The van der Waals surface area contributed by atoms with Crippen LogP contribution in [0.2, 0.25) is 0 Å². The molecule has 1 amide bonds. The number of pyridine rings is 1. The standard InChI is InChI=1S/C23H30N4O2S2/c1-6-26-20(25-9-7-8-15(4)13-25)17(16(5)18(11-24)21(26)28)10-19-22(29)27(12-14(2)3)23(30)31-19/h10,14-15H,6-9,12-13H2,1-5H3/b19-10-. The first-order chi connectivity index (χ1) is 14.7. The van der Waals surface area contributed by atoms with E-state index in [1.54, 1.807) is 16.4 Å². The van der Waals surface area contributed by atoms with Gasteiger partial charge in [-0.2, -0.15) is 5.26 Å². The first-order valence-corrected chi connectivity index (χ1v) is 12.1. The lowest BCUT2D eigenvalue weighted by molar-refractivity contribution is -0.122. The first-order valence-electron chi connectivity index (χ1n) is 10.9. The second kappa shape index (κ2) is 9.58. The van der Waals surface area contributed by atoms with Crippen LogP contribution in [0.15, 0.2) is 9.70 Å². The van der Waals surface area contributed by atoms with Crippen molar-refractivity contribution >= 4 is 46.1 Å². The number of nitrogens with zero attached hydrogens (tertiary/aromatic N) is 4. The summed E-state index contributed by atoms with van der Waals surface area (Å²) in [5, 5.41) is 9.68. The highest BCUT2D eigenvalue weighted by Gasteiger charge is 2.33. The maximum Gasteiger partial charge on any atom is 0.270 e. The van der Waals surface area contributed by atoms with Crippen LogP contribution in [0.4, 0.5) is 5.82 Å². The van der Waals surface area contributed by atoms with Crippen LogP contribution in [0.25, 0.3) is 6.08 Å². The summed E-state index contributed by atoms with van der Waals surface area (Å²) in [6.45, 7) is 12.8. The van der Waals surface area contributed by atoms with Gasteiger partial charge in [0.25, 0.3) is 11.5 Å². The zero-order valence-electron chi connectivity index (χ0n) is 18.9. The van der Waals surface area contributed by atoms with Crippen molar-refractivity contribution in [3.63, 3.8) is 0 Å². The van der Waals surface area contributed by atoms with Gasteiger partial charge < -0.3 is 4.90 Å². The smallest absolute Gasteiger partial charge is 0.270 e. The van der Waals surface area contributed by atoms with E-state index >= 15 is 0 Å². The second-order valence-corrected chi connectivity index (χ2v) is 10.5. The maximum atomic E-state index is 13.1. The molecule has 1 unspecified atom stereocenters. The van der Waals surface area contributed by atoms with Gasteiger partial charge in [0.2, 0.25) is 0 Å². The highest BCUT2D eigenvalue weighted by Crippen LogP contribution is 2.37. The number of rotatable bonds is 5. The van der Waals surface area contributed by atoms with Gasteiger partial charge >= 0.3 is 0 Å². The summed E-state index contributed by atoms with van der Waals surface area (Å²) in [6.07, 6.45) is 4.05. The zero-order chi connectivity index (χ0) is 22.9. The average molecular weight is 459 g/mol. The van der Waals surface area contributed by atoms with Gasteiger partial charge in [0, 0.05) is 31.7 Å². The maximum absolute atomic E-state index is 13.1. The molecule has 166 valence electrons. The molecule has 1 aromatic heterocycles. The van der Waals surface area contributed by atoms with Crippen molar-refractivity contribution in [2.24, 2.45) is 11.8 Å². The van der Waals surface area contributed by atoms with Gasteiger partial charge in [-0.1, -0.05) is 44.8 Å². The fourth-order valence-corrected chi connectivity index (χ4v) is 5.57. The first kappa shape index (κ1) is 23.6. The molecule has 0 radical (unpaired) electrons. The summed E-state index contributed by atoms with van der Waals surface area (Å²) in [5.41, 5.74) is 1.27. The lowest BCUT2D eigenvalue weighted by atomic mass is 9.98. The Balaban J connectivity index is 2.20. The van der Waals surface area contributed by atoms with E-state index in [2.05, 4.69) is 31.7 Å². The minimum absolute atomic E-state index is 0.103. The van der Waals surface area contributed by atoms with Crippen LogP contribution in [0.3, 0.4) is 0 Å². The largest absolute Gasteiger partial charge is 0.357 e. The number of thioether (sulfide) groups is 1. The van der Waals surface area contributed by atoms with Crippen molar-refractivity contribution in [1.82, 2.24) is 9.47 Å². The summed E-state index contributed by atoms with van der Waals surface area (Å²) in [6, 6.07) is 2.09. The fourth-order valence-electron chi connectivity index (χ4n) is 4.31. The molecular formula is C23H30N4O2S2. The number of anilines is 1. The van der Waals surface area contributed by atoms with Gasteiger partial charge in [0.15, 0.2) is 0 Å². The number of hydrogen-bond donors (Lipinski definition) is 0. The third-order valence-corrected chi connectivity index (χ3v) is 7.19. The molecule has 2 aliphatic heterocycles. The second-order valence-electron chi connectivity index (χ2n) is 8.78. The van der Waals surface area contributed by atoms with E-state index in [9.17, 15) is 14.9 Å². The number of carbonyl (C=O) groups is 1. The molecule has 0 aliphatic carbocycles. The van der Waals surface area contributed by atoms with Crippen LogP contribution in [-0.2, 0) is 11.3 Å². The zero-order valence-corrected chi connectivity index (χ0v) is 20.5. The van der Waals surface area contributed by atoms with Gasteiger partial charge in [-0.25, -0.2) is 0 Å². The Morgan fingerprint density at radius 1 is 1.35 bits per heavy atom. The van der Waals surface area contributed by atoms with E-state index in [4.69, 9.17) is 12.2 Å². The van der Waals surface area contributed by atoms with Crippen molar-refractivity contribution in [1.29, 1.82) is 5.26 Å². The van der Waals surface area contributed by atoms with Crippen LogP contribution >= 0.6 is 24.0 Å². The molecule has 2 fully saturated rings. The summed E-state index contributed by atoms with van der Waals surface area (Å²) in [4.78, 5) is 30.6. The molecule has 0 aromatic carbocycles. The van der Waals surface area contributed by atoms with E-state index in [0.717, 1.165) is 37.3 Å². The molecule has 0 N–H and O–H groups in total. The van der Waals surface area contributed by atoms with Crippen LogP contribution in [0.5, 0.6) is 0 Å². The molecule has 0 spiro atoms. The SMILES string of the molecule is CCn1c(N2CCCC(C)C2)c(/C=C2\SC(=S)N(CC(C)C)C2=O)c(C)c(C#N)c1=O. The van der Waals surface area contributed by atoms with Crippen molar-refractivity contribution in [3.8, 4) is 6.07 Å². The van der Waals surface area contributed by atoms with Crippen LogP contribution in [-0.4, -0.2) is 39.3 Å². The van der Waals surface area contributed by atoms with Crippen LogP contribution < -0.4 is 10.5 Å². The highest BCUT2D eigenvalue weighted by molar-refractivity contribution is 8.26. The fraction of sp³-hybridized carbons (Fsp3) is 0.565. The minimum Gasteiger partial charge on any atom is -0.357 e. The number of nitriles is 1. The van der Waals surface area contributed by atoms with Gasteiger partial charge in [0.1, 0.15) is 21.8 Å². The van der Waals surface area contributed by atoms with Crippen molar-refractivity contribution < 1.29 is 4.79 Å². The molecule has 0 bridgehead atoms. The summed E-state index contributed by atoms with van der Waals surface area (Å²) in [7, 11) is 0. The quantitative estimate of drug-likeness (QED) is 0.488. The van der Waals surface area contributed by atoms with Gasteiger partial charge in [-0.3, -0.25) is 19.1 Å². The molecule has 1 aromatic rings. The third-order valence-electron chi connectivity index (χ3n) is 5.82. The Bertz CT molecular complexity index is 1040. The molecular weight excluding hydrogens is 428 g/mol. The Hall–Kier alpha value is -2.11. The summed E-state index contributed by atoms with van der Waals surface area (Å²) < 4.78 is 2.24. The van der Waals surface area contributed by atoms with Gasteiger partial charge in [-0.15, -0.1) is 0 Å². The van der Waals surface area contributed by atoms with E-state index in [1.807, 2.05) is 13.0 Å².